The number of nitrogens with zero attached hydrogens (tertiary/aromatic N) is 2. The number of hydrogen-bond donors (Lipinski definition) is 3. The Balaban J connectivity index is 1.27. The highest BCUT2D eigenvalue weighted by molar-refractivity contribution is 6.72. The molecule has 1 saturated heterocycles. The number of aryl methyl sites for hydroxylation is 1. The molecule has 1 unspecified atom stereocenters. The van der Waals surface area contributed by atoms with Crippen LogP contribution in [0.4, 0.5) is 15.5 Å². The van der Waals surface area contributed by atoms with Gasteiger partial charge >= 0.3 is 0 Å². The molecule has 282 valence electrons. The lowest BCUT2D eigenvalue weighted by molar-refractivity contribution is -0.135. The lowest BCUT2D eigenvalue weighted by atomic mass is 9.94. The normalized spacial score (nSPS) is 21.6. The minimum Gasteiger partial charge on any atom is -0.494 e. The van der Waals surface area contributed by atoms with E-state index in [0.29, 0.717) is 45.4 Å². The van der Waals surface area contributed by atoms with Gasteiger partial charge in [0.25, 0.3) is 0 Å². The molecule has 5 rings (SSSR count). The Labute approximate surface area is 309 Å². The van der Waals surface area contributed by atoms with E-state index in [1.165, 1.54) is 0 Å². The predicted molar refractivity (Wildman–Crippen MR) is 205 cm³/mol. The largest absolute Gasteiger partial charge is 0.494 e. The smallest absolute Gasteiger partial charge is 0.249 e. The second-order valence-electron chi connectivity index (χ2n) is 14.6. The maximum Gasteiger partial charge on any atom is 0.249 e. The van der Waals surface area contributed by atoms with Gasteiger partial charge in [0.15, 0.2) is 0 Å². The molecule has 0 radical (unpaired) electrons. The molecule has 0 spiro atoms. The van der Waals surface area contributed by atoms with Crippen LogP contribution in [0.1, 0.15) is 56.2 Å². The molecule has 2 amide bonds. The van der Waals surface area contributed by atoms with Gasteiger partial charge < -0.3 is 34.0 Å². The first-order valence-corrected chi connectivity index (χ1v) is 21.8. The number of hydrogen-bond acceptors (Lipinski definition) is 7. The van der Waals surface area contributed by atoms with Crippen molar-refractivity contribution in [2.45, 2.75) is 95.8 Å². The van der Waals surface area contributed by atoms with Gasteiger partial charge in [-0.15, -0.1) is 0 Å². The van der Waals surface area contributed by atoms with Crippen molar-refractivity contribution in [3.05, 3.63) is 89.5 Å². The molecule has 2 aliphatic rings. The van der Waals surface area contributed by atoms with Crippen molar-refractivity contribution in [1.82, 2.24) is 10.2 Å². The number of ether oxygens (including phenoxy) is 2. The van der Waals surface area contributed by atoms with Gasteiger partial charge in [-0.2, -0.15) is 0 Å². The number of carbonyl (C=O) groups is 2. The SMILES string of the molecule is CCOc1ccc2c(c1)CC(NCCCCO)C(=O)N2c1ccc(CC[C@H]2O[C@@H](CC(=O)N(CCO)Cc3ccccc3)[C@H]([Si](C)(C)F)[C@H]2C)cc1. The number of benzene rings is 3. The zero-order chi connectivity index (χ0) is 37.3. The number of amides is 2. The number of nitrogens with one attached hydrogen (secondary N) is 1. The van der Waals surface area contributed by atoms with E-state index >= 15 is 4.11 Å². The summed E-state index contributed by atoms with van der Waals surface area (Å²) in [5, 5.41) is 22.3. The summed E-state index contributed by atoms with van der Waals surface area (Å²) in [6, 6.07) is 23.2. The molecule has 52 heavy (non-hydrogen) atoms. The fourth-order valence-electron chi connectivity index (χ4n) is 7.94. The average molecular weight is 734 g/mol. The zero-order valence-electron chi connectivity index (χ0n) is 31.1. The fourth-order valence-corrected chi connectivity index (χ4v) is 10.5. The second kappa shape index (κ2) is 18.4. The first-order chi connectivity index (χ1) is 25.0. The Hall–Kier alpha value is -3.61. The molecule has 3 aromatic rings. The molecule has 2 heterocycles. The van der Waals surface area contributed by atoms with Gasteiger partial charge in [-0.25, -0.2) is 0 Å². The van der Waals surface area contributed by atoms with E-state index in [9.17, 15) is 19.8 Å². The number of carbonyl (C=O) groups excluding carboxylic acids is 2. The summed E-state index contributed by atoms with van der Waals surface area (Å²) in [5.41, 5.74) is 4.38. The molecule has 0 aliphatic carbocycles. The molecule has 0 bridgehead atoms. The van der Waals surface area contributed by atoms with Crippen LogP contribution in [0.5, 0.6) is 5.75 Å². The van der Waals surface area contributed by atoms with Gasteiger partial charge in [-0.1, -0.05) is 49.4 Å². The summed E-state index contributed by atoms with van der Waals surface area (Å²) in [5.74, 6) is 0.568. The van der Waals surface area contributed by atoms with Crippen molar-refractivity contribution < 1.29 is 33.4 Å². The van der Waals surface area contributed by atoms with Crippen molar-refractivity contribution in [3.8, 4) is 5.75 Å². The van der Waals surface area contributed by atoms with Crippen LogP contribution in [0.25, 0.3) is 0 Å². The van der Waals surface area contributed by atoms with Gasteiger partial charge in [0.1, 0.15) is 5.75 Å². The number of aliphatic hydroxyl groups is 2. The predicted octanol–water partition coefficient (Wildman–Crippen LogP) is 6.33. The molecule has 0 saturated carbocycles. The van der Waals surface area contributed by atoms with Crippen molar-refractivity contribution >= 4 is 31.6 Å². The summed E-state index contributed by atoms with van der Waals surface area (Å²) >= 11 is 0. The first-order valence-electron chi connectivity index (χ1n) is 18.8. The lowest BCUT2D eigenvalue weighted by Gasteiger charge is -2.35. The van der Waals surface area contributed by atoms with Crippen LogP contribution in [0.3, 0.4) is 0 Å². The highest BCUT2D eigenvalue weighted by atomic mass is 28.4. The Morgan fingerprint density at radius 1 is 1.02 bits per heavy atom. The van der Waals surface area contributed by atoms with E-state index < -0.39 is 20.6 Å². The minimum absolute atomic E-state index is 0.0208. The molecule has 3 aromatic carbocycles. The molecule has 5 atom stereocenters. The fraction of sp³-hybridized carbons (Fsp3) is 0.512. The molecule has 1 fully saturated rings. The quantitative estimate of drug-likeness (QED) is 0.0797. The van der Waals surface area contributed by atoms with Gasteiger partial charge in [0, 0.05) is 30.9 Å². The Morgan fingerprint density at radius 3 is 2.44 bits per heavy atom. The van der Waals surface area contributed by atoms with Crippen LogP contribution in [0.15, 0.2) is 72.8 Å². The van der Waals surface area contributed by atoms with Crippen LogP contribution in [0, 0.1) is 5.92 Å². The van der Waals surface area contributed by atoms with Crippen LogP contribution < -0.4 is 15.0 Å². The van der Waals surface area contributed by atoms with E-state index in [4.69, 9.17) is 9.47 Å². The number of fused-ring (bicyclic) bond motifs is 1. The topological polar surface area (TPSA) is 112 Å². The summed E-state index contributed by atoms with van der Waals surface area (Å²) in [7, 11) is -3.19. The summed E-state index contributed by atoms with van der Waals surface area (Å²) < 4.78 is 28.2. The monoisotopic (exact) mass is 733 g/mol. The van der Waals surface area contributed by atoms with E-state index in [2.05, 4.69) is 12.2 Å². The lowest BCUT2D eigenvalue weighted by Crippen LogP contribution is -2.49. The van der Waals surface area contributed by atoms with Crippen LogP contribution in [-0.4, -0.2) is 86.5 Å². The third kappa shape index (κ3) is 9.87. The molecule has 11 heteroatoms. The van der Waals surface area contributed by atoms with Crippen LogP contribution in [0.2, 0.25) is 18.6 Å². The van der Waals surface area contributed by atoms with Gasteiger partial charge in [0.2, 0.25) is 20.2 Å². The highest BCUT2D eigenvalue weighted by Crippen LogP contribution is 2.47. The molecule has 3 N–H and O–H groups in total. The van der Waals surface area contributed by atoms with Crippen LogP contribution >= 0.6 is 0 Å². The zero-order valence-corrected chi connectivity index (χ0v) is 32.1. The molecule has 0 aromatic heterocycles. The Morgan fingerprint density at radius 2 is 1.77 bits per heavy atom. The maximum absolute atomic E-state index is 15.9. The van der Waals surface area contributed by atoms with E-state index in [1.807, 2.05) is 79.7 Å². The number of halogens is 1. The van der Waals surface area contributed by atoms with Crippen molar-refractivity contribution in [3.63, 3.8) is 0 Å². The van der Waals surface area contributed by atoms with Crippen molar-refractivity contribution in [2.75, 3.05) is 37.8 Å². The van der Waals surface area contributed by atoms with E-state index in [-0.39, 0.29) is 55.6 Å². The third-order valence-electron chi connectivity index (χ3n) is 10.4. The third-order valence-corrected chi connectivity index (χ3v) is 12.9. The Bertz CT molecular complexity index is 1600. The molecular formula is C41H56FN3O6Si. The standard InChI is InChI=1S/C41H56FN3O6Si/c1-5-50-34-18-19-36-32(25-34)26-35(43-21-9-10-23-46)41(49)45(36)33-16-13-30(14-17-33)15-20-37-29(2)40(52(3,4)42)38(51-37)27-39(48)44(22-24-47)28-31-11-7-6-8-12-31/h6-8,11-14,16-19,25,29,35,37-38,40,43,46-47H,5,9-10,15,20-24,26-28H2,1-4H3/t29-,35?,37+,38-,40+/m0/s1. The maximum atomic E-state index is 15.9. The Kier molecular flexibility index (Phi) is 14.0. The molecular weight excluding hydrogens is 678 g/mol. The molecule has 2 aliphatic heterocycles. The van der Waals surface area contributed by atoms with E-state index in [0.717, 1.165) is 40.2 Å². The summed E-state index contributed by atoms with van der Waals surface area (Å²) in [6.45, 7) is 9.18. The summed E-state index contributed by atoms with van der Waals surface area (Å²) in [6.07, 6.45) is 2.78. The number of aliphatic hydroxyl groups excluding tert-OH is 2. The average Bonchev–Trinajstić information content (AvgIpc) is 3.44. The first kappa shape index (κ1) is 39.6. The number of anilines is 2. The minimum atomic E-state index is -3.19. The molecule has 9 nitrogen and oxygen atoms in total. The number of unbranched alkanes of at least 4 members (excludes halogenated alkanes) is 1. The van der Waals surface area contributed by atoms with Crippen molar-refractivity contribution in [2.24, 2.45) is 5.92 Å². The highest BCUT2D eigenvalue weighted by Gasteiger charge is 2.51. The van der Waals surface area contributed by atoms with Crippen LogP contribution in [-0.2, 0) is 33.7 Å². The van der Waals surface area contributed by atoms with Crippen molar-refractivity contribution in [1.29, 1.82) is 0 Å². The second-order valence-corrected chi connectivity index (χ2v) is 18.4. The van der Waals surface area contributed by atoms with E-state index in [1.54, 1.807) is 22.9 Å². The summed E-state index contributed by atoms with van der Waals surface area (Å²) in [4.78, 5) is 30.8. The van der Waals surface area contributed by atoms with Gasteiger partial charge in [0.05, 0.1) is 43.6 Å². The number of rotatable bonds is 18. The van der Waals surface area contributed by atoms with Gasteiger partial charge in [-0.3, -0.25) is 14.5 Å². The van der Waals surface area contributed by atoms with Gasteiger partial charge in [-0.05, 0) is 112 Å².